The quantitative estimate of drug-likeness (QED) is 0.748. The lowest BCUT2D eigenvalue weighted by Gasteiger charge is -2.18. The maximum absolute atomic E-state index is 3.70. The molecule has 0 aliphatic heterocycles. The van der Waals surface area contributed by atoms with Gasteiger partial charge in [-0.1, -0.05) is 36.8 Å². The summed E-state index contributed by atoms with van der Waals surface area (Å²) >= 11 is 1.79. The molecule has 0 aliphatic carbocycles. The summed E-state index contributed by atoms with van der Waals surface area (Å²) in [6, 6.07) is 11.7. The van der Waals surface area contributed by atoms with Crippen molar-refractivity contribution in [3.63, 3.8) is 0 Å². The Morgan fingerprint density at radius 2 is 2.10 bits per heavy atom. The number of benzene rings is 1. The second-order valence-corrected chi connectivity index (χ2v) is 6.29. The van der Waals surface area contributed by atoms with Gasteiger partial charge in [0.15, 0.2) is 0 Å². The van der Waals surface area contributed by atoms with Crippen LogP contribution in [-0.2, 0) is 12.8 Å². The number of hydrogen-bond acceptors (Lipinski definition) is 2. The van der Waals surface area contributed by atoms with Gasteiger partial charge in [0.2, 0.25) is 0 Å². The normalized spacial score (nSPS) is 12.5. The fourth-order valence-corrected chi connectivity index (χ4v) is 3.21. The van der Waals surface area contributed by atoms with Crippen LogP contribution in [0.1, 0.15) is 36.5 Å². The van der Waals surface area contributed by atoms with Crippen LogP contribution >= 0.6 is 11.3 Å². The highest BCUT2D eigenvalue weighted by molar-refractivity contribution is 7.07. The molecule has 108 valence electrons. The fourth-order valence-electron chi connectivity index (χ4n) is 2.53. The second kappa shape index (κ2) is 8.23. The van der Waals surface area contributed by atoms with E-state index < -0.39 is 0 Å². The molecule has 0 saturated carbocycles. The molecule has 0 bridgehead atoms. The molecule has 20 heavy (non-hydrogen) atoms. The highest BCUT2D eigenvalue weighted by atomic mass is 32.1. The highest BCUT2D eigenvalue weighted by Crippen LogP contribution is 2.13. The molecule has 1 atom stereocenters. The SMILES string of the molecule is CCCNC(CCc1cccc(C)c1)Cc1ccsc1. The lowest BCUT2D eigenvalue weighted by Crippen LogP contribution is -2.32. The number of thiophene rings is 1. The molecule has 0 amide bonds. The third-order valence-electron chi connectivity index (χ3n) is 3.61. The molecular formula is C18H25NS. The van der Waals surface area contributed by atoms with Crippen LogP contribution in [0.25, 0.3) is 0 Å². The zero-order chi connectivity index (χ0) is 14.2. The van der Waals surface area contributed by atoms with Gasteiger partial charge in [0.25, 0.3) is 0 Å². The molecule has 1 heterocycles. The molecule has 1 N–H and O–H groups in total. The molecule has 1 aromatic heterocycles. The van der Waals surface area contributed by atoms with E-state index in [0.717, 1.165) is 19.4 Å². The maximum atomic E-state index is 3.70. The van der Waals surface area contributed by atoms with Crippen molar-refractivity contribution < 1.29 is 0 Å². The fraction of sp³-hybridized carbons (Fsp3) is 0.444. The van der Waals surface area contributed by atoms with E-state index in [1.54, 1.807) is 11.3 Å². The Morgan fingerprint density at radius 3 is 2.80 bits per heavy atom. The van der Waals surface area contributed by atoms with Crippen molar-refractivity contribution in [3.05, 3.63) is 57.8 Å². The van der Waals surface area contributed by atoms with Crippen LogP contribution in [0.3, 0.4) is 0 Å². The third-order valence-corrected chi connectivity index (χ3v) is 4.34. The van der Waals surface area contributed by atoms with Crippen molar-refractivity contribution in [3.8, 4) is 0 Å². The number of rotatable bonds is 8. The maximum Gasteiger partial charge on any atom is 0.0111 e. The van der Waals surface area contributed by atoms with Crippen LogP contribution in [0.4, 0.5) is 0 Å². The zero-order valence-electron chi connectivity index (χ0n) is 12.6. The van der Waals surface area contributed by atoms with Crippen LogP contribution in [-0.4, -0.2) is 12.6 Å². The molecular weight excluding hydrogens is 262 g/mol. The average molecular weight is 287 g/mol. The zero-order valence-corrected chi connectivity index (χ0v) is 13.4. The molecule has 0 aliphatic rings. The van der Waals surface area contributed by atoms with Gasteiger partial charge in [0.1, 0.15) is 0 Å². The van der Waals surface area contributed by atoms with Crippen molar-refractivity contribution >= 4 is 11.3 Å². The van der Waals surface area contributed by atoms with E-state index >= 15 is 0 Å². The van der Waals surface area contributed by atoms with E-state index in [9.17, 15) is 0 Å². The average Bonchev–Trinajstić information content (AvgIpc) is 2.95. The van der Waals surface area contributed by atoms with Crippen LogP contribution < -0.4 is 5.32 Å². The first-order valence-corrected chi connectivity index (χ1v) is 8.52. The summed E-state index contributed by atoms with van der Waals surface area (Å²) in [6.07, 6.45) is 4.71. The minimum Gasteiger partial charge on any atom is -0.314 e. The highest BCUT2D eigenvalue weighted by Gasteiger charge is 2.09. The van der Waals surface area contributed by atoms with Gasteiger partial charge < -0.3 is 5.32 Å². The van der Waals surface area contributed by atoms with Gasteiger partial charge in [0, 0.05) is 6.04 Å². The smallest absolute Gasteiger partial charge is 0.0111 e. The first-order valence-electron chi connectivity index (χ1n) is 7.58. The van der Waals surface area contributed by atoms with E-state index in [2.05, 4.69) is 60.3 Å². The van der Waals surface area contributed by atoms with E-state index in [-0.39, 0.29) is 0 Å². The van der Waals surface area contributed by atoms with Crippen LogP contribution in [0.5, 0.6) is 0 Å². The number of hydrogen-bond donors (Lipinski definition) is 1. The Hall–Kier alpha value is -1.12. The third kappa shape index (κ3) is 5.10. The lowest BCUT2D eigenvalue weighted by molar-refractivity contribution is 0.478. The molecule has 2 heteroatoms. The Labute approximate surface area is 127 Å². The standard InChI is InChI=1S/C18H25NS/c1-3-10-19-18(13-17-9-11-20-14-17)8-7-16-6-4-5-15(2)12-16/h4-6,9,11-12,14,18-19H,3,7-8,10,13H2,1-2H3. The monoisotopic (exact) mass is 287 g/mol. The molecule has 2 aromatic rings. The van der Waals surface area contributed by atoms with Gasteiger partial charge in [-0.05, 0) is 67.1 Å². The largest absolute Gasteiger partial charge is 0.314 e. The molecule has 0 fully saturated rings. The van der Waals surface area contributed by atoms with E-state index in [1.807, 2.05) is 0 Å². The molecule has 0 radical (unpaired) electrons. The molecule has 1 unspecified atom stereocenters. The van der Waals surface area contributed by atoms with Crippen LogP contribution in [0.2, 0.25) is 0 Å². The predicted octanol–water partition coefficient (Wildman–Crippen LogP) is 4.60. The summed E-state index contributed by atoms with van der Waals surface area (Å²) in [7, 11) is 0. The topological polar surface area (TPSA) is 12.0 Å². The van der Waals surface area contributed by atoms with Gasteiger partial charge in [-0.2, -0.15) is 11.3 Å². The van der Waals surface area contributed by atoms with Gasteiger partial charge >= 0.3 is 0 Å². The Balaban J connectivity index is 1.89. The number of aryl methyl sites for hydroxylation is 2. The lowest BCUT2D eigenvalue weighted by atomic mass is 9.99. The van der Waals surface area contributed by atoms with Crippen LogP contribution in [0, 0.1) is 6.92 Å². The van der Waals surface area contributed by atoms with Crippen molar-refractivity contribution in [2.75, 3.05) is 6.54 Å². The molecule has 1 aromatic carbocycles. The molecule has 0 saturated heterocycles. The Morgan fingerprint density at radius 1 is 1.20 bits per heavy atom. The first kappa shape index (κ1) is 15.3. The van der Waals surface area contributed by atoms with Gasteiger partial charge in [0.05, 0.1) is 0 Å². The van der Waals surface area contributed by atoms with Crippen molar-refractivity contribution in [2.45, 2.75) is 45.6 Å². The van der Waals surface area contributed by atoms with Crippen LogP contribution in [0.15, 0.2) is 41.1 Å². The minimum absolute atomic E-state index is 0.588. The summed E-state index contributed by atoms with van der Waals surface area (Å²) in [4.78, 5) is 0. The Bertz CT molecular complexity index is 490. The number of nitrogens with one attached hydrogen (secondary N) is 1. The summed E-state index contributed by atoms with van der Waals surface area (Å²) in [5, 5.41) is 8.14. The van der Waals surface area contributed by atoms with E-state index in [1.165, 1.54) is 29.5 Å². The molecule has 1 nitrogen and oxygen atoms in total. The van der Waals surface area contributed by atoms with Gasteiger partial charge in [-0.25, -0.2) is 0 Å². The molecule has 2 rings (SSSR count). The first-order chi connectivity index (χ1) is 9.78. The Kier molecular flexibility index (Phi) is 6.28. The van der Waals surface area contributed by atoms with Gasteiger partial charge in [-0.15, -0.1) is 0 Å². The van der Waals surface area contributed by atoms with Crippen molar-refractivity contribution in [2.24, 2.45) is 0 Å². The van der Waals surface area contributed by atoms with Crippen molar-refractivity contribution in [1.82, 2.24) is 5.32 Å². The predicted molar refractivity (Wildman–Crippen MR) is 89.6 cm³/mol. The summed E-state index contributed by atoms with van der Waals surface area (Å²) < 4.78 is 0. The summed E-state index contributed by atoms with van der Waals surface area (Å²) in [5.41, 5.74) is 4.28. The van der Waals surface area contributed by atoms with Gasteiger partial charge in [-0.3, -0.25) is 0 Å². The molecule has 0 spiro atoms. The van der Waals surface area contributed by atoms with Crippen molar-refractivity contribution in [1.29, 1.82) is 0 Å². The summed E-state index contributed by atoms with van der Waals surface area (Å²) in [6.45, 7) is 5.51. The minimum atomic E-state index is 0.588. The summed E-state index contributed by atoms with van der Waals surface area (Å²) in [5.74, 6) is 0. The van der Waals surface area contributed by atoms with E-state index in [4.69, 9.17) is 0 Å². The second-order valence-electron chi connectivity index (χ2n) is 5.51. The van der Waals surface area contributed by atoms with E-state index in [0.29, 0.717) is 6.04 Å².